The van der Waals surface area contributed by atoms with Crippen LogP contribution in [0.2, 0.25) is 0 Å². The van der Waals surface area contributed by atoms with Crippen LogP contribution in [0.25, 0.3) is 0 Å². The largest absolute Gasteiger partial charge is 0.370 e. The molecule has 94 valence electrons. The molecule has 0 spiro atoms. The first-order valence-corrected chi connectivity index (χ1v) is 5.56. The topological polar surface area (TPSA) is 85.9 Å². The van der Waals surface area contributed by atoms with Gasteiger partial charge in [-0.2, -0.15) is 0 Å². The fourth-order valence-electron chi connectivity index (χ4n) is 1.50. The van der Waals surface area contributed by atoms with Crippen molar-refractivity contribution >= 4 is 11.5 Å². The average Bonchev–Trinajstić information content (AvgIpc) is 2.88. The molecule has 0 bridgehead atoms. The minimum atomic E-state index is -0.462. The maximum absolute atomic E-state index is 10.4. The zero-order valence-electron chi connectivity index (χ0n) is 9.69. The standard InChI is InChI=1S/C11H13N5O2/c17-16(18)10-2-3-11(14-8-10)13-4-1-6-15-7-5-12-9-15/h2-3,5,7-9H,1,4,6H2,(H,13,14). The van der Waals surface area contributed by atoms with Gasteiger partial charge in [0.1, 0.15) is 12.0 Å². The highest BCUT2D eigenvalue weighted by Crippen LogP contribution is 2.11. The first kappa shape index (κ1) is 12.0. The molecule has 2 heterocycles. The highest BCUT2D eigenvalue weighted by Gasteiger charge is 2.04. The molecule has 2 aromatic heterocycles. The lowest BCUT2D eigenvalue weighted by Gasteiger charge is -2.05. The summed E-state index contributed by atoms with van der Waals surface area (Å²) in [5.74, 6) is 0.645. The van der Waals surface area contributed by atoms with Crippen molar-refractivity contribution in [1.82, 2.24) is 14.5 Å². The number of anilines is 1. The second-order valence-electron chi connectivity index (χ2n) is 3.74. The van der Waals surface area contributed by atoms with Crippen molar-refractivity contribution in [2.75, 3.05) is 11.9 Å². The molecule has 0 aliphatic rings. The number of nitro groups is 1. The van der Waals surface area contributed by atoms with Gasteiger partial charge < -0.3 is 9.88 Å². The Kier molecular flexibility index (Phi) is 3.85. The van der Waals surface area contributed by atoms with E-state index in [0.717, 1.165) is 19.5 Å². The van der Waals surface area contributed by atoms with Crippen LogP contribution < -0.4 is 5.32 Å². The molecule has 18 heavy (non-hydrogen) atoms. The molecule has 7 nitrogen and oxygen atoms in total. The molecular formula is C11H13N5O2. The Balaban J connectivity index is 1.75. The first-order chi connectivity index (χ1) is 8.75. The van der Waals surface area contributed by atoms with Gasteiger partial charge in [0.25, 0.3) is 5.69 Å². The van der Waals surface area contributed by atoms with Gasteiger partial charge in [-0.3, -0.25) is 10.1 Å². The predicted molar refractivity (Wildman–Crippen MR) is 66.2 cm³/mol. The van der Waals surface area contributed by atoms with Gasteiger partial charge in [-0.15, -0.1) is 0 Å². The second-order valence-corrected chi connectivity index (χ2v) is 3.74. The molecule has 0 amide bonds. The van der Waals surface area contributed by atoms with Crippen molar-refractivity contribution in [3.63, 3.8) is 0 Å². The number of hydrogen-bond donors (Lipinski definition) is 1. The van der Waals surface area contributed by atoms with E-state index in [2.05, 4.69) is 15.3 Å². The van der Waals surface area contributed by atoms with Gasteiger partial charge in [0.05, 0.1) is 11.3 Å². The van der Waals surface area contributed by atoms with Crippen LogP contribution in [0.3, 0.4) is 0 Å². The highest BCUT2D eigenvalue weighted by atomic mass is 16.6. The zero-order valence-corrected chi connectivity index (χ0v) is 9.69. The summed E-state index contributed by atoms with van der Waals surface area (Å²) in [6, 6.07) is 3.04. The van der Waals surface area contributed by atoms with E-state index in [9.17, 15) is 10.1 Å². The minimum absolute atomic E-state index is 0.000958. The van der Waals surface area contributed by atoms with Crippen LogP contribution in [-0.2, 0) is 6.54 Å². The summed E-state index contributed by atoms with van der Waals surface area (Å²) in [4.78, 5) is 17.9. The van der Waals surface area contributed by atoms with Gasteiger partial charge in [0, 0.05) is 31.5 Å². The van der Waals surface area contributed by atoms with Crippen LogP contribution in [0.15, 0.2) is 37.1 Å². The summed E-state index contributed by atoms with van der Waals surface area (Å²) >= 11 is 0. The fraction of sp³-hybridized carbons (Fsp3) is 0.273. The third-order valence-corrected chi connectivity index (χ3v) is 2.42. The summed E-state index contributed by atoms with van der Waals surface area (Å²) in [7, 11) is 0. The van der Waals surface area contributed by atoms with E-state index in [1.54, 1.807) is 18.6 Å². The van der Waals surface area contributed by atoms with Crippen LogP contribution in [0, 0.1) is 10.1 Å². The molecular weight excluding hydrogens is 234 g/mol. The van der Waals surface area contributed by atoms with Gasteiger partial charge in [-0.05, 0) is 12.5 Å². The Labute approximate surface area is 104 Å². The lowest BCUT2D eigenvalue weighted by atomic mass is 10.4. The maximum Gasteiger partial charge on any atom is 0.287 e. The van der Waals surface area contributed by atoms with Gasteiger partial charge in [-0.1, -0.05) is 0 Å². The van der Waals surface area contributed by atoms with E-state index in [-0.39, 0.29) is 5.69 Å². The van der Waals surface area contributed by atoms with Crippen LogP contribution >= 0.6 is 0 Å². The molecule has 2 aromatic rings. The molecule has 0 unspecified atom stereocenters. The Hall–Kier alpha value is -2.44. The third-order valence-electron chi connectivity index (χ3n) is 2.42. The van der Waals surface area contributed by atoms with Crippen LogP contribution in [0.1, 0.15) is 6.42 Å². The van der Waals surface area contributed by atoms with Crippen molar-refractivity contribution in [3.8, 4) is 0 Å². The van der Waals surface area contributed by atoms with Crippen LogP contribution in [0.4, 0.5) is 11.5 Å². The molecule has 0 fully saturated rings. The number of aromatic nitrogens is 3. The molecule has 0 atom stereocenters. The summed E-state index contributed by atoms with van der Waals surface area (Å²) in [5, 5.41) is 13.5. The molecule has 0 saturated carbocycles. The molecule has 2 rings (SSSR count). The molecule has 0 aromatic carbocycles. The van der Waals surface area contributed by atoms with E-state index >= 15 is 0 Å². The molecule has 0 saturated heterocycles. The third kappa shape index (κ3) is 3.27. The molecule has 7 heteroatoms. The molecule has 0 aliphatic carbocycles. The SMILES string of the molecule is O=[N+]([O-])c1ccc(NCCCn2ccnc2)nc1. The van der Waals surface area contributed by atoms with Gasteiger partial charge in [0.15, 0.2) is 0 Å². The number of rotatable bonds is 6. The number of pyridine rings is 1. The Bertz CT molecular complexity index is 495. The molecule has 1 N–H and O–H groups in total. The van der Waals surface area contributed by atoms with E-state index in [0.29, 0.717) is 5.82 Å². The van der Waals surface area contributed by atoms with Gasteiger partial charge in [-0.25, -0.2) is 9.97 Å². The van der Waals surface area contributed by atoms with Crippen molar-refractivity contribution in [2.45, 2.75) is 13.0 Å². The number of imidazole rings is 1. The molecule has 0 radical (unpaired) electrons. The number of aryl methyl sites for hydroxylation is 1. The summed E-state index contributed by atoms with van der Waals surface area (Å²) in [5.41, 5.74) is -0.000958. The van der Waals surface area contributed by atoms with Gasteiger partial charge >= 0.3 is 0 Å². The van der Waals surface area contributed by atoms with Gasteiger partial charge in [0.2, 0.25) is 0 Å². The van der Waals surface area contributed by atoms with Crippen LogP contribution in [-0.4, -0.2) is 26.0 Å². The Morgan fingerprint density at radius 2 is 2.33 bits per heavy atom. The second kappa shape index (κ2) is 5.76. The predicted octanol–water partition coefficient (Wildman–Crippen LogP) is 1.69. The summed E-state index contributed by atoms with van der Waals surface area (Å²) in [6.07, 6.45) is 7.59. The number of nitrogens with zero attached hydrogens (tertiary/aromatic N) is 4. The van der Waals surface area contributed by atoms with Crippen molar-refractivity contribution in [3.05, 3.63) is 47.2 Å². The van der Waals surface area contributed by atoms with Crippen molar-refractivity contribution in [1.29, 1.82) is 0 Å². The minimum Gasteiger partial charge on any atom is -0.370 e. The van der Waals surface area contributed by atoms with E-state index in [1.165, 1.54) is 12.3 Å². The van der Waals surface area contributed by atoms with Crippen molar-refractivity contribution < 1.29 is 4.92 Å². The fourth-order valence-corrected chi connectivity index (χ4v) is 1.50. The van der Waals surface area contributed by atoms with E-state index < -0.39 is 4.92 Å². The van der Waals surface area contributed by atoms with E-state index in [4.69, 9.17) is 0 Å². The Morgan fingerprint density at radius 3 is 2.94 bits per heavy atom. The quantitative estimate of drug-likeness (QED) is 0.477. The summed E-state index contributed by atoms with van der Waals surface area (Å²) in [6.45, 7) is 1.63. The normalized spacial score (nSPS) is 10.2. The molecule has 0 aliphatic heterocycles. The van der Waals surface area contributed by atoms with E-state index in [1.807, 2.05) is 10.8 Å². The van der Waals surface area contributed by atoms with Crippen LogP contribution in [0.5, 0.6) is 0 Å². The lowest BCUT2D eigenvalue weighted by Crippen LogP contribution is -2.06. The highest BCUT2D eigenvalue weighted by molar-refractivity contribution is 5.39. The lowest BCUT2D eigenvalue weighted by molar-refractivity contribution is -0.385. The maximum atomic E-state index is 10.4. The van der Waals surface area contributed by atoms with Crippen molar-refractivity contribution in [2.24, 2.45) is 0 Å². The smallest absolute Gasteiger partial charge is 0.287 e. The zero-order chi connectivity index (χ0) is 12.8. The summed E-state index contributed by atoms with van der Waals surface area (Å²) < 4.78 is 1.99. The number of nitrogens with one attached hydrogen (secondary N) is 1. The number of hydrogen-bond acceptors (Lipinski definition) is 5. The average molecular weight is 247 g/mol. The Morgan fingerprint density at radius 1 is 1.44 bits per heavy atom. The first-order valence-electron chi connectivity index (χ1n) is 5.56. The monoisotopic (exact) mass is 247 g/mol.